The van der Waals surface area contributed by atoms with Crippen LogP contribution in [0.15, 0.2) is 65.8 Å². The molecule has 0 bridgehead atoms. The van der Waals surface area contributed by atoms with Gasteiger partial charge in [0.05, 0.1) is 17.2 Å². The second-order valence-electron chi connectivity index (χ2n) is 7.78. The summed E-state index contributed by atoms with van der Waals surface area (Å²) in [4.78, 5) is 45.3. The highest BCUT2D eigenvalue weighted by Gasteiger charge is 2.22. The van der Waals surface area contributed by atoms with E-state index in [1.54, 1.807) is 38.1 Å². The number of H-pyrrole nitrogens is 1. The molecular weight excluding hydrogens is 406 g/mol. The van der Waals surface area contributed by atoms with Crippen LogP contribution in [-0.4, -0.2) is 38.9 Å². The zero-order valence-corrected chi connectivity index (χ0v) is 18.0. The molecule has 2 amide bonds. The van der Waals surface area contributed by atoms with Crippen LogP contribution in [0, 0.1) is 0 Å². The summed E-state index contributed by atoms with van der Waals surface area (Å²) >= 11 is 0. The third-order valence-electron chi connectivity index (χ3n) is 5.61. The van der Waals surface area contributed by atoms with Crippen LogP contribution in [0.25, 0.3) is 21.8 Å². The second kappa shape index (κ2) is 9.05. The van der Waals surface area contributed by atoms with Gasteiger partial charge in [0, 0.05) is 23.6 Å². The fraction of sp³-hybridized carbons (Fsp3) is 0.250. The SMILES string of the molecule is C[C@H](NC(=O)[C@@H](C)n1cnc2ccccc2c1=O)C(=O)NCCc1c[nH]c2ccccc12. The van der Waals surface area contributed by atoms with E-state index in [0.29, 0.717) is 23.9 Å². The van der Waals surface area contributed by atoms with E-state index in [1.807, 2.05) is 30.5 Å². The van der Waals surface area contributed by atoms with E-state index in [0.717, 1.165) is 16.5 Å². The molecule has 2 aromatic carbocycles. The molecule has 0 aliphatic rings. The molecule has 0 radical (unpaired) electrons. The summed E-state index contributed by atoms with van der Waals surface area (Å²) in [6.45, 7) is 3.67. The zero-order chi connectivity index (χ0) is 22.7. The first-order valence-corrected chi connectivity index (χ1v) is 10.5. The van der Waals surface area contributed by atoms with Gasteiger partial charge in [0.2, 0.25) is 11.8 Å². The van der Waals surface area contributed by atoms with Gasteiger partial charge in [-0.3, -0.25) is 19.0 Å². The summed E-state index contributed by atoms with van der Waals surface area (Å²) in [5.41, 5.74) is 2.45. The van der Waals surface area contributed by atoms with Gasteiger partial charge in [-0.25, -0.2) is 4.98 Å². The van der Waals surface area contributed by atoms with Gasteiger partial charge in [-0.15, -0.1) is 0 Å². The quantitative estimate of drug-likeness (QED) is 0.417. The molecule has 0 fully saturated rings. The third-order valence-corrected chi connectivity index (χ3v) is 5.61. The Morgan fingerprint density at radius 3 is 2.56 bits per heavy atom. The van der Waals surface area contributed by atoms with Gasteiger partial charge in [0.15, 0.2) is 0 Å². The molecular formula is C24H25N5O3. The largest absolute Gasteiger partial charge is 0.361 e. The molecule has 0 aliphatic heterocycles. The highest BCUT2D eigenvalue weighted by Crippen LogP contribution is 2.17. The van der Waals surface area contributed by atoms with Crippen LogP contribution < -0.4 is 16.2 Å². The minimum atomic E-state index is -0.805. The van der Waals surface area contributed by atoms with Gasteiger partial charge in [-0.1, -0.05) is 30.3 Å². The molecule has 0 saturated carbocycles. The summed E-state index contributed by atoms with van der Waals surface area (Å²) in [5.74, 6) is -0.710. The first kappa shape index (κ1) is 21.3. The van der Waals surface area contributed by atoms with Crippen molar-refractivity contribution in [3.63, 3.8) is 0 Å². The number of benzene rings is 2. The number of rotatable bonds is 7. The Hall–Kier alpha value is -3.94. The predicted octanol–water partition coefficient (Wildman–Crippen LogP) is 2.30. The van der Waals surface area contributed by atoms with Crippen LogP contribution in [0.3, 0.4) is 0 Å². The van der Waals surface area contributed by atoms with Crippen LogP contribution in [0.1, 0.15) is 25.5 Å². The van der Waals surface area contributed by atoms with Crippen LogP contribution in [0.2, 0.25) is 0 Å². The van der Waals surface area contributed by atoms with E-state index in [-0.39, 0.29) is 11.5 Å². The second-order valence-corrected chi connectivity index (χ2v) is 7.78. The molecule has 2 heterocycles. The number of aromatic nitrogens is 3. The van der Waals surface area contributed by atoms with Crippen molar-refractivity contribution in [1.82, 2.24) is 25.2 Å². The molecule has 2 aromatic heterocycles. The molecule has 164 valence electrons. The minimum Gasteiger partial charge on any atom is -0.361 e. The molecule has 2 atom stereocenters. The molecule has 4 rings (SSSR count). The molecule has 8 heteroatoms. The Bertz CT molecular complexity index is 1340. The van der Waals surface area contributed by atoms with Crippen molar-refractivity contribution in [3.05, 3.63) is 77.0 Å². The van der Waals surface area contributed by atoms with E-state index in [9.17, 15) is 14.4 Å². The molecule has 0 aliphatic carbocycles. The molecule has 0 unspecified atom stereocenters. The number of amides is 2. The lowest BCUT2D eigenvalue weighted by Crippen LogP contribution is -2.47. The molecule has 8 nitrogen and oxygen atoms in total. The first-order chi connectivity index (χ1) is 15.5. The first-order valence-electron chi connectivity index (χ1n) is 10.5. The Labute approximate surface area is 184 Å². The highest BCUT2D eigenvalue weighted by atomic mass is 16.2. The Morgan fingerprint density at radius 1 is 1.03 bits per heavy atom. The van der Waals surface area contributed by atoms with Gasteiger partial charge in [0.1, 0.15) is 12.1 Å². The molecule has 0 saturated heterocycles. The molecule has 0 spiro atoms. The zero-order valence-electron chi connectivity index (χ0n) is 18.0. The number of fused-ring (bicyclic) bond motifs is 2. The van der Waals surface area contributed by atoms with Crippen LogP contribution in [-0.2, 0) is 16.0 Å². The van der Waals surface area contributed by atoms with E-state index >= 15 is 0 Å². The monoisotopic (exact) mass is 431 g/mol. The van der Waals surface area contributed by atoms with E-state index < -0.39 is 18.0 Å². The van der Waals surface area contributed by atoms with Gasteiger partial charge < -0.3 is 15.6 Å². The smallest absolute Gasteiger partial charge is 0.261 e. The number of hydrogen-bond acceptors (Lipinski definition) is 4. The number of nitrogens with zero attached hydrogens (tertiary/aromatic N) is 2. The Kier molecular flexibility index (Phi) is 6.02. The standard InChI is InChI=1S/C24H25N5O3/c1-15(22(30)25-12-11-17-13-26-20-9-5-3-7-18(17)20)28-23(31)16(2)29-14-27-21-10-6-4-8-19(21)24(29)32/h3-10,13-16,26H,11-12H2,1-2H3,(H,25,30)(H,28,31)/t15-,16+/m0/s1. The number of nitrogens with one attached hydrogen (secondary N) is 3. The Morgan fingerprint density at radius 2 is 1.75 bits per heavy atom. The number of carbonyl (C=O) groups is 2. The van der Waals surface area contributed by atoms with Gasteiger partial charge in [0.25, 0.3) is 5.56 Å². The average Bonchev–Trinajstić information content (AvgIpc) is 3.22. The van der Waals surface area contributed by atoms with Crippen LogP contribution in [0.4, 0.5) is 0 Å². The topological polar surface area (TPSA) is 109 Å². The molecule has 32 heavy (non-hydrogen) atoms. The van der Waals surface area contributed by atoms with Crippen molar-refractivity contribution in [2.75, 3.05) is 6.54 Å². The van der Waals surface area contributed by atoms with Crippen molar-refractivity contribution < 1.29 is 9.59 Å². The summed E-state index contributed by atoms with van der Waals surface area (Å²) < 4.78 is 1.28. The van der Waals surface area contributed by atoms with Gasteiger partial charge in [-0.05, 0) is 44.0 Å². The van der Waals surface area contributed by atoms with Crippen LogP contribution in [0.5, 0.6) is 0 Å². The molecule has 3 N–H and O–H groups in total. The lowest BCUT2D eigenvalue weighted by atomic mass is 10.1. The maximum atomic E-state index is 12.7. The summed E-state index contributed by atoms with van der Waals surface area (Å²) in [5, 5.41) is 7.11. The average molecular weight is 431 g/mol. The van der Waals surface area contributed by atoms with E-state index in [4.69, 9.17) is 0 Å². The van der Waals surface area contributed by atoms with Gasteiger partial charge >= 0.3 is 0 Å². The fourth-order valence-corrected chi connectivity index (χ4v) is 3.70. The van der Waals surface area contributed by atoms with E-state index in [2.05, 4.69) is 20.6 Å². The molecule has 4 aromatic rings. The number of aromatic amines is 1. The highest BCUT2D eigenvalue weighted by molar-refractivity contribution is 5.89. The van der Waals surface area contributed by atoms with Crippen molar-refractivity contribution in [2.45, 2.75) is 32.4 Å². The lowest BCUT2D eigenvalue weighted by Gasteiger charge is -2.19. The summed E-state index contributed by atoms with van der Waals surface area (Å²) in [6.07, 6.45) is 3.98. The number of hydrogen-bond donors (Lipinski definition) is 3. The van der Waals surface area contributed by atoms with Crippen LogP contribution >= 0.6 is 0 Å². The third kappa shape index (κ3) is 4.25. The van der Waals surface area contributed by atoms with Crippen molar-refractivity contribution in [2.24, 2.45) is 0 Å². The van der Waals surface area contributed by atoms with Crippen molar-refractivity contribution in [3.8, 4) is 0 Å². The van der Waals surface area contributed by atoms with Gasteiger partial charge in [-0.2, -0.15) is 0 Å². The lowest BCUT2D eigenvalue weighted by molar-refractivity contribution is -0.130. The normalized spacial score (nSPS) is 13.1. The summed E-state index contributed by atoms with van der Waals surface area (Å²) in [7, 11) is 0. The fourth-order valence-electron chi connectivity index (χ4n) is 3.70. The number of para-hydroxylation sites is 2. The summed E-state index contributed by atoms with van der Waals surface area (Å²) in [6, 6.07) is 13.4. The maximum absolute atomic E-state index is 12.7. The minimum absolute atomic E-state index is 0.283. The maximum Gasteiger partial charge on any atom is 0.261 e. The van der Waals surface area contributed by atoms with Crippen molar-refractivity contribution >= 4 is 33.6 Å². The van der Waals surface area contributed by atoms with Crippen molar-refractivity contribution in [1.29, 1.82) is 0 Å². The van der Waals surface area contributed by atoms with E-state index in [1.165, 1.54) is 10.9 Å². The Balaban J connectivity index is 1.34. The predicted molar refractivity (Wildman–Crippen MR) is 123 cm³/mol. The number of carbonyl (C=O) groups excluding carboxylic acids is 2.